The van der Waals surface area contributed by atoms with E-state index in [9.17, 15) is 14.4 Å². The first kappa shape index (κ1) is 19.5. The van der Waals surface area contributed by atoms with E-state index in [2.05, 4.69) is 12.1 Å². The van der Waals surface area contributed by atoms with Crippen molar-refractivity contribution in [2.75, 3.05) is 33.8 Å². The van der Waals surface area contributed by atoms with E-state index < -0.39 is 17.9 Å². The number of likely N-dealkylation sites (N-methyl/N-ethyl adjacent to an activating group) is 1. The summed E-state index contributed by atoms with van der Waals surface area (Å²) in [6, 6.07) is 5.47. The smallest absolute Gasteiger partial charge is 0.312 e. The predicted octanol–water partition coefficient (Wildman–Crippen LogP) is 1.53. The van der Waals surface area contributed by atoms with Crippen molar-refractivity contribution in [3.05, 3.63) is 41.5 Å². The van der Waals surface area contributed by atoms with E-state index in [-0.39, 0.29) is 11.9 Å². The van der Waals surface area contributed by atoms with Crippen molar-refractivity contribution in [3.63, 3.8) is 0 Å². The van der Waals surface area contributed by atoms with Gasteiger partial charge in [0.25, 0.3) is 0 Å². The molecular formula is C22H27N3O4. The molecule has 29 heavy (non-hydrogen) atoms. The summed E-state index contributed by atoms with van der Waals surface area (Å²) < 4.78 is 5.34. The topological polar surface area (TPSA) is 70.2 Å². The molecule has 7 heteroatoms. The molecule has 0 N–H and O–H groups in total. The molecule has 3 aliphatic rings. The molecule has 7 nitrogen and oxygen atoms in total. The highest BCUT2D eigenvalue weighted by molar-refractivity contribution is 6.35. The number of amides is 3. The van der Waals surface area contributed by atoms with Crippen LogP contribution < -0.4 is 4.74 Å². The molecule has 3 aliphatic heterocycles. The molecule has 2 atom stereocenters. The van der Waals surface area contributed by atoms with E-state index in [1.165, 1.54) is 20.9 Å². The molecule has 3 amide bonds. The lowest BCUT2D eigenvalue weighted by Gasteiger charge is -2.38. The number of carbonyl (C=O) groups excluding carboxylic acids is 3. The molecule has 4 rings (SSSR count). The Morgan fingerprint density at radius 3 is 2.66 bits per heavy atom. The van der Waals surface area contributed by atoms with Crippen molar-refractivity contribution < 1.29 is 19.1 Å². The molecule has 0 saturated carbocycles. The van der Waals surface area contributed by atoms with Crippen molar-refractivity contribution >= 4 is 17.7 Å². The second-order valence-corrected chi connectivity index (χ2v) is 7.91. The van der Waals surface area contributed by atoms with E-state index in [0.29, 0.717) is 26.1 Å². The highest BCUT2D eigenvalue weighted by Crippen LogP contribution is 2.38. The largest absolute Gasteiger partial charge is 0.497 e. The quantitative estimate of drug-likeness (QED) is 0.561. The second-order valence-electron chi connectivity index (χ2n) is 7.91. The zero-order valence-electron chi connectivity index (χ0n) is 17.0. The van der Waals surface area contributed by atoms with Crippen molar-refractivity contribution in [1.82, 2.24) is 14.7 Å². The molecule has 1 saturated heterocycles. The first-order valence-corrected chi connectivity index (χ1v) is 10.2. The normalized spacial score (nSPS) is 23.3. The maximum Gasteiger partial charge on any atom is 0.312 e. The Morgan fingerprint density at radius 2 is 1.93 bits per heavy atom. The van der Waals surface area contributed by atoms with Crippen LogP contribution in [0.25, 0.3) is 0 Å². The Hall–Kier alpha value is -2.83. The van der Waals surface area contributed by atoms with Gasteiger partial charge in [-0.25, -0.2) is 0 Å². The van der Waals surface area contributed by atoms with Crippen LogP contribution in [0.4, 0.5) is 0 Å². The minimum absolute atomic E-state index is 0.0177. The Kier molecular flexibility index (Phi) is 5.30. The number of fused-ring (bicyclic) bond motifs is 3. The SMILES string of the molecule is COc1ccc2c(c1)CCN1C(=O)C(N(C)C(=O)C(=O)N3CC=CC3)CCCC21. The Labute approximate surface area is 170 Å². The summed E-state index contributed by atoms with van der Waals surface area (Å²) in [4.78, 5) is 43.3. The van der Waals surface area contributed by atoms with Crippen molar-refractivity contribution in [2.24, 2.45) is 0 Å². The molecule has 0 spiro atoms. The van der Waals surface area contributed by atoms with E-state index in [1.54, 1.807) is 14.2 Å². The van der Waals surface area contributed by atoms with Gasteiger partial charge in [-0.3, -0.25) is 14.4 Å². The molecular weight excluding hydrogens is 370 g/mol. The maximum absolute atomic E-state index is 13.4. The fraction of sp³-hybridized carbons (Fsp3) is 0.500. The van der Waals surface area contributed by atoms with Gasteiger partial charge in [0.15, 0.2) is 0 Å². The van der Waals surface area contributed by atoms with Crippen LogP contribution in [-0.2, 0) is 20.8 Å². The Bertz CT molecular complexity index is 858. The van der Waals surface area contributed by atoms with Crippen LogP contribution in [0, 0.1) is 0 Å². The van der Waals surface area contributed by atoms with Gasteiger partial charge in [0.05, 0.1) is 13.2 Å². The molecule has 0 aromatic heterocycles. The van der Waals surface area contributed by atoms with Gasteiger partial charge >= 0.3 is 11.8 Å². The van der Waals surface area contributed by atoms with Crippen LogP contribution in [0.3, 0.4) is 0 Å². The third-order valence-corrected chi connectivity index (χ3v) is 6.31. The second kappa shape index (κ2) is 7.89. The Morgan fingerprint density at radius 1 is 1.17 bits per heavy atom. The monoisotopic (exact) mass is 397 g/mol. The summed E-state index contributed by atoms with van der Waals surface area (Å²) in [6.07, 6.45) is 6.75. The van der Waals surface area contributed by atoms with Crippen LogP contribution in [-0.4, -0.2) is 72.3 Å². The molecule has 2 unspecified atom stereocenters. The number of methoxy groups -OCH3 is 1. The number of ether oxygens (including phenoxy) is 1. The lowest BCUT2D eigenvalue weighted by atomic mass is 9.90. The van der Waals surface area contributed by atoms with Gasteiger partial charge < -0.3 is 19.4 Å². The van der Waals surface area contributed by atoms with Crippen molar-refractivity contribution in [2.45, 2.75) is 37.8 Å². The van der Waals surface area contributed by atoms with Gasteiger partial charge in [0, 0.05) is 26.7 Å². The minimum Gasteiger partial charge on any atom is -0.497 e. The number of nitrogens with zero attached hydrogens (tertiary/aromatic N) is 3. The molecule has 0 bridgehead atoms. The van der Waals surface area contributed by atoms with Gasteiger partial charge in [0.1, 0.15) is 11.8 Å². The van der Waals surface area contributed by atoms with Gasteiger partial charge in [-0.15, -0.1) is 0 Å². The molecule has 3 heterocycles. The van der Waals surface area contributed by atoms with Crippen LogP contribution in [0.5, 0.6) is 5.75 Å². The predicted molar refractivity (Wildman–Crippen MR) is 107 cm³/mol. The average Bonchev–Trinajstić information content (AvgIpc) is 3.23. The Balaban J connectivity index is 1.53. The lowest BCUT2D eigenvalue weighted by molar-refractivity contribution is -0.155. The van der Waals surface area contributed by atoms with Crippen LogP contribution >= 0.6 is 0 Å². The fourth-order valence-electron chi connectivity index (χ4n) is 4.64. The number of hydrogen-bond donors (Lipinski definition) is 0. The fourth-order valence-corrected chi connectivity index (χ4v) is 4.64. The highest BCUT2D eigenvalue weighted by Gasteiger charge is 2.41. The molecule has 1 aromatic carbocycles. The van der Waals surface area contributed by atoms with Crippen LogP contribution in [0.2, 0.25) is 0 Å². The van der Waals surface area contributed by atoms with Gasteiger partial charge in [0.2, 0.25) is 5.91 Å². The van der Waals surface area contributed by atoms with Crippen molar-refractivity contribution in [3.8, 4) is 5.75 Å². The standard InChI is InChI=1S/C22H27N3O4/c1-23(21(27)22(28)24-11-3-4-12-24)19-7-5-6-18-17-9-8-16(29-2)14-15(17)10-13-25(18)20(19)26/h3-4,8-9,14,18-19H,5-7,10-13H2,1-2H3. The van der Waals surface area contributed by atoms with E-state index in [4.69, 9.17) is 4.74 Å². The molecule has 1 aromatic rings. The summed E-state index contributed by atoms with van der Waals surface area (Å²) in [5, 5.41) is 0. The third-order valence-electron chi connectivity index (χ3n) is 6.31. The number of hydrogen-bond acceptors (Lipinski definition) is 4. The van der Waals surface area contributed by atoms with Gasteiger partial charge in [-0.2, -0.15) is 0 Å². The minimum atomic E-state index is -0.604. The zero-order chi connectivity index (χ0) is 20.5. The summed E-state index contributed by atoms with van der Waals surface area (Å²) in [7, 11) is 3.23. The zero-order valence-corrected chi connectivity index (χ0v) is 17.0. The lowest BCUT2D eigenvalue weighted by Crippen LogP contribution is -2.53. The highest BCUT2D eigenvalue weighted by atomic mass is 16.5. The summed E-state index contributed by atoms with van der Waals surface area (Å²) in [5.74, 6) is -0.373. The van der Waals surface area contributed by atoms with Gasteiger partial charge in [-0.05, 0) is 48.9 Å². The number of benzene rings is 1. The summed E-state index contributed by atoms with van der Waals surface area (Å²) in [5.41, 5.74) is 2.39. The van der Waals surface area contributed by atoms with E-state index >= 15 is 0 Å². The molecule has 1 fully saturated rings. The van der Waals surface area contributed by atoms with Crippen LogP contribution in [0.15, 0.2) is 30.4 Å². The van der Waals surface area contributed by atoms with E-state index in [1.807, 2.05) is 23.1 Å². The van der Waals surface area contributed by atoms with Gasteiger partial charge in [-0.1, -0.05) is 18.2 Å². The molecule has 0 radical (unpaired) electrons. The average molecular weight is 397 g/mol. The first-order valence-electron chi connectivity index (χ1n) is 10.2. The molecule has 154 valence electrons. The third kappa shape index (κ3) is 3.50. The number of carbonyl (C=O) groups is 3. The number of rotatable bonds is 2. The maximum atomic E-state index is 13.4. The first-order chi connectivity index (χ1) is 14.0. The van der Waals surface area contributed by atoms with Crippen LogP contribution in [0.1, 0.15) is 36.4 Å². The summed E-state index contributed by atoms with van der Waals surface area (Å²) >= 11 is 0. The van der Waals surface area contributed by atoms with Crippen molar-refractivity contribution in [1.29, 1.82) is 0 Å². The summed E-state index contributed by atoms with van der Waals surface area (Å²) in [6.45, 7) is 1.52. The van der Waals surface area contributed by atoms with E-state index in [0.717, 1.165) is 25.0 Å². The molecule has 0 aliphatic carbocycles.